The summed E-state index contributed by atoms with van der Waals surface area (Å²) in [5, 5.41) is 2.73. The Balaban J connectivity index is 2.46. The average Bonchev–Trinajstić information content (AvgIpc) is 2.39. The molecule has 1 aliphatic heterocycles. The number of carbonyl (C=O) groups excluding carboxylic acids is 2. The zero-order valence-electron chi connectivity index (χ0n) is 8.71. The molecule has 1 aliphatic rings. The van der Waals surface area contributed by atoms with Crippen molar-refractivity contribution in [2.75, 3.05) is 13.1 Å². The fourth-order valence-electron chi connectivity index (χ4n) is 1.52. The standard InChI is InChI=1S/C10H18N2O2/c1-2-7-11-10(14)12-8-5-3-4-6-9(12)13/h2-8H2,1H3,(H,11,14). The Morgan fingerprint density at radius 3 is 2.93 bits per heavy atom. The number of imide groups is 1. The van der Waals surface area contributed by atoms with Gasteiger partial charge in [0.2, 0.25) is 5.91 Å². The molecule has 0 aliphatic carbocycles. The first-order chi connectivity index (χ1) is 6.75. The van der Waals surface area contributed by atoms with Crippen LogP contribution in [0.1, 0.15) is 39.0 Å². The van der Waals surface area contributed by atoms with E-state index >= 15 is 0 Å². The maximum Gasteiger partial charge on any atom is 0.324 e. The monoisotopic (exact) mass is 198 g/mol. The van der Waals surface area contributed by atoms with Crippen molar-refractivity contribution in [3.8, 4) is 0 Å². The molecule has 0 unspecified atom stereocenters. The maximum absolute atomic E-state index is 11.5. The topological polar surface area (TPSA) is 49.4 Å². The van der Waals surface area contributed by atoms with Crippen LogP contribution in [-0.2, 0) is 4.79 Å². The highest BCUT2D eigenvalue weighted by molar-refractivity contribution is 5.94. The van der Waals surface area contributed by atoms with E-state index in [1.165, 1.54) is 4.90 Å². The fourth-order valence-corrected chi connectivity index (χ4v) is 1.52. The predicted octanol–water partition coefficient (Wildman–Crippen LogP) is 1.51. The number of hydrogen-bond acceptors (Lipinski definition) is 2. The molecule has 4 heteroatoms. The average molecular weight is 198 g/mol. The number of carbonyl (C=O) groups is 2. The zero-order chi connectivity index (χ0) is 10.4. The molecule has 1 fully saturated rings. The Kier molecular flexibility index (Phi) is 4.43. The van der Waals surface area contributed by atoms with E-state index in [4.69, 9.17) is 0 Å². The molecule has 3 amide bonds. The van der Waals surface area contributed by atoms with Crippen molar-refractivity contribution in [3.05, 3.63) is 0 Å². The molecular weight excluding hydrogens is 180 g/mol. The Bertz CT molecular complexity index is 216. The van der Waals surface area contributed by atoms with Gasteiger partial charge < -0.3 is 5.32 Å². The molecule has 1 heterocycles. The summed E-state index contributed by atoms with van der Waals surface area (Å²) in [6, 6.07) is -0.223. The van der Waals surface area contributed by atoms with Gasteiger partial charge in [-0.15, -0.1) is 0 Å². The number of hydrogen-bond donors (Lipinski definition) is 1. The summed E-state index contributed by atoms with van der Waals surface area (Å²) in [6.45, 7) is 3.21. The van der Waals surface area contributed by atoms with Crippen molar-refractivity contribution in [2.45, 2.75) is 39.0 Å². The van der Waals surface area contributed by atoms with Gasteiger partial charge in [0, 0.05) is 19.5 Å². The van der Waals surface area contributed by atoms with E-state index in [1.54, 1.807) is 0 Å². The highest BCUT2D eigenvalue weighted by Crippen LogP contribution is 2.10. The lowest BCUT2D eigenvalue weighted by Crippen LogP contribution is -2.43. The van der Waals surface area contributed by atoms with Crippen molar-refractivity contribution in [2.24, 2.45) is 0 Å². The van der Waals surface area contributed by atoms with Gasteiger partial charge in [-0.1, -0.05) is 13.3 Å². The van der Waals surface area contributed by atoms with Gasteiger partial charge in [-0.2, -0.15) is 0 Å². The van der Waals surface area contributed by atoms with Gasteiger partial charge in [-0.05, 0) is 19.3 Å². The molecule has 1 N–H and O–H groups in total. The molecule has 1 saturated heterocycles. The first-order valence-corrected chi connectivity index (χ1v) is 5.34. The van der Waals surface area contributed by atoms with Crippen molar-refractivity contribution in [1.82, 2.24) is 10.2 Å². The Labute approximate surface area is 84.7 Å². The molecule has 0 saturated carbocycles. The summed E-state index contributed by atoms with van der Waals surface area (Å²) in [6.07, 6.45) is 4.30. The lowest BCUT2D eigenvalue weighted by atomic mass is 10.2. The van der Waals surface area contributed by atoms with Crippen LogP contribution in [0.4, 0.5) is 4.79 Å². The number of nitrogens with zero attached hydrogens (tertiary/aromatic N) is 1. The molecule has 0 radical (unpaired) electrons. The smallest absolute Gasteiger partial charge is 0.324 e. The van der Waals surface area contributed by atoms with E-state index < -0.39 is 0 Å². The van der Waals surface area contributed by atoms with Crippen LogP contribution >= 0.6 is 0 Å². The third kappa shape index (κ3) is 3.01. The lowest BCUT2D eigenvalue weighted by Gasteiger charge is -2.18. The van der Waals surface area contributed by atoms with Crippen molar-refractivity contribution in [1.29, 1.82) is 0 Å². The summed E-state index contributed by atoms with van der Waals surface area (Å²) in [5.41, 5.74) is 0. The number of nitrogens with one attached hydrogen (secondary N) is 1. The third-order valence-corrected chi connectivity index (χ3v) is 2.34. The van der Waals surface area contributed by atoms with Gasteiger partial charge in [-0.25, -0.2) is 4.79 Å². The Morgan fingerprint density at radius 2 is 2.21 bits per heavy atom. The second-order valence-electron chi connectivity index (χ2n) is 3.59. The van der Waals surface area contributed by atoms with Gasteiger partial charge in [0.15, 0.2) is 0 Å². The largest absolute Gasteiger partial charge is 0.338 e. The van der Waals surface area contributed by atoms with Crippen molar-refractivity contribution < 1.29 is 9.59 Å². The number of urea groups is 1. The highest BCUT2D eigenvalue weighted by atomic mass is 16.2. The summed E-state index contributed by atoms with van der Waals surface area (Å²) < 4.78 is 0. The fraction of sp³-hybridized carbons (Fsp3) is 0.800. The number of rotatable bonds is 2. The Morgan fingerprint density at radius 1 is 1.43 bits per heavy atom. The van der Waals surface area contributed by atoms with E-state index in [0.717, 1.165) is 25.7 Å². The minimum absolute atomic E-state index is 0.0314. The first-order valence-electron chi connectivity index (χ1n) is 5.34. The molecule has 0 bridgehead atoms. The molecule has 0 spiro atoms. The number of likely N-dealkylation sites (tertiary alicyclic amines) is 1. The quantitative estimate of drug-likeness (QED) is 0.731. The van der Waals surface area contributed by atoms with Gasteiger partial charge in [-0.3, -0.25) is 9.69 Å². The van der Waals surface area contributed by atoms with Gasteiger partial charge in [0.25, 0.3) is 0 Å². The zero-order valence-corrected chi connectivity index (χ0v) is 8.71. The van der Waals surface area contributed by atoms with E-state index in [9.17, 15) is 9.59 Å². The molecule has 0 aromatic heterocycles. The second kappa shape index (κ2) is 5.62. The van der Waals surface area contributed by atoms with Gasteiger partial charge >= 0.3 is 6.03 Å². The third-order valence-electron chi connectivity index (χ3n) is 2.34. The van der Waals surface area contributed by atoms with Gasteiger partial charge in [0.05, 0.1) is 0 Å². The van der Waals surface area contributed by atoms with Crippen molar-refractivity contribution >= 4 is 11.9 Å². The summed E-state index contributed by atoms with van der Waals surface area (Å²) in [7, 11) is 0. The van der Waals surface area contributed by atoms with E-state index in [0.29, 0.717) is 19.5 Å². The highest BCUT2D eigenvalue weighted by Gasteiger charge is 2.22. The molecule has 0 aromatic carbocycles. The van der Waals surface area contributed by atoms with Crippen LogP contribution in [0.2, 0.25) is 0 Å². The summed E-state index contributed by atoms with van der Waals surface area (Å²) in [4.78, 5) is 24.3. The molecule has 0 atom stereocenters. The van der Waals surface area contributed by atoms with E-state index in [2.05, 4.69) is 5.32 Å². The molecular formula is C10H18N2O2. The van der Waals surface area contributed by atoms with E-state index in [-0.39, 0.29) is 11.9 Å². The van der Waals surface area contributed by atoms with Crippen molar-refractivity contribution in [3.63, 3.8) is 0 Å². The normalized spacial score (nSPS) is 17.8. The number of amides is 3. The maximum atomic E-state index is 11.5. The van der Waals surface area contributed by atoms with Crippen LogP contribution in [0.25, 0.3) is 0 Å². The van der Waals surface area contributed by atoms with Crippen LogP contribution < -0.4 is 5.32 Å². The second-order valence-corrected chi connectivity index (χ2v) is 3.59. The SMILES string of the molecule is CCCNC(=O)N1CCCCCC1=O. The minimum atomic E-state index is -0.223. The molecule has 1 rings (SSSR count). The van der Waals surface area contributed by atoms with Crippen LogP contribution in [-0.4, -0.2) is 29.9 Å². The molecule has 4 nitrogen and oxygen atoms in total. The lowest BCUT2D eigenvalue weighted by molar-refractivity contribution is -0.127. The predicted molar refractivity (Wildman–Crippen MR) is 53.9 cm³/mol. The van der Waals surface area contributed by atoms with Crippen LogP contribution in [0, 0.1) is 0 Å². The summed E-state index contributed by atoms with van der Waals surface area (Å²) in [5.74, 6) is -0.0314. The molecule has 14 heavy (non-hydrogen) atoms. The van der Waals surface area contributed by atoms with Crippen LogP contribution in [0.5, 0.6) is 0 Å². The van der Waals surface area contributed by atoms with E-state index in [1.807, 2.05) is 6.92 Å². The molecule has 80 valence electrons. The molecule has 0 aromatic rings. The van der Waals surface area contributed by atoms with Crippen LogP contribution in [0.3, 0.4) is 0 Å². The van der Waals surface area contributed by atoms with Crippen LogP contribution in [0.15, 0.2) is 0 Å². The summed E-state index contributed by atoms with van der Waals surface area (Å²) >= 11 is 0. The Hall–Kier alpha value is -1.06. The minimum Gasteiger partial charge on any atom is -0.338 e. The van der Waals surface area contributed by atoms with Gasteiger partial charge in [0.1, 0.15) is 0 Å². The first kappa shape index (κ1) is 11.0.